The van der Waals surface area contributed by atoms with Gasteiger partial charge in [-0.05, 0) is 6.92 Å². The lowest BCUT2D eigenvalue weighted by atomic mass is 10.4. The molecule has 0 bridgehead atoms. The molecule has 0 atom stereocenters. The molecule has 0 saturated heterocycles. The first-order chi connectivity index (χ1) is 8.72. The van der Waals surface area contributed by atoms with Crippen molar-refractivity contribution in [1.29, 1.82) is 0 Å². The fraction of sp³-hybridized carbons (Fsp3) is 0.200. The van der Waals surface area contributed by atoms with Crippen molar-refractivity contribution >= 4 is 39.4 Å². The van der Waals surface area contributed by atoms with Crippen LogP contribution in [-0.2, 0) is 5.75 Å². The highest BCUT2D eigenvalue weighted by Crippen LogP contribution is 2.23. The lowest BCUT2D eigenvalue weighted by molar-refractivity contribution is 1.01. The average Bonchev–Trinajstić information content (AvgIpc) is 2.94. The minimum atomic E-state index is -0.0304. The van der Waals surface area contributed by atoms with Crippen molar-refractivity contribution in [3.8, 4) is 0 Å². The zero-order valence-corrected chi connectivity index (χ0v) is 11.8. The van der Waals surface area contributed by atoms with E-state index in [2.05, 4.69) is 15.2 Å². The number of aryl methyl sites for hydroxylation is 1. The Morgan fingerprint density at radius 2 is 2.39 bits per heavy atom. The maximum absolute atomic E-state index is 11.9. The fourth-order valence-electron chi connectivity index (χ4n) is 1.49. The summed E-state index contributed by atoms with van der Waals surface area (Å²) in [7, 11) is 0. The molecule has 3 heterocycles. The van der Waals surface area contributed by atoms with Gasteiger partial charge < -0.3 is 0 Å². The third kappa shape index (κ3) is 2.31. The van der Waals surface area contributed by atoms with Crippen LogP contribution in [0.5, 0.6) is 0 Å². The Hall–Kier alpha value is -1.25. The minimum absolute atomic E-state index is 0.0304. The fourth-order valence-corrected chi connectivity index (χ4v) is 3.72. The van der Waals surface area contributed by atoms with E-state index < -0.39 is 0 Å². The Balaban J connectivity index is 1.90. The van der Waals surface area contributed by atoms with Gasteiger partial charge in [0.2, 0.25) is 0 Å². The highest BCUT2D eigenvalue weighted by Gasteiger charge is 2.06. The van der Waals surface area contributed by atoms with Crippen molar-refractivity contribution in [3.63, 3.8) is 0 Å². The molecule has 0 aliphatic rings. The van der Waals surface area contributed by atoms with Crippen LogP contribution >= 0.6 is 34.4 Å². The van der Waals surface area contributed by atoms with Crippen LogP contribution in [0.4, 0.5) is 0 Å². The second kappa shape index (κ2) is 4.79. The normalized spacial score (nSPS) is 11.2. The van der Waals surface area contributed by atoms with Crippen LogP contribution in [-0.4, -0.2) is 19.6 Å². The smallest absolute Gasteiger partial charge is 0.258 e. The number of hydrogen-bond donors (Lipinski definition) is 0. The van der Waals surface area contributed by atoms with Gasteiger partial charge in [-0.2, -0.15) is 0 Å². The first-order valence-electron chi connectivity index (χ1n) is 5.10. The molecule has 3 aromatic rings. The van der Waals surface area contributed by atoms with Crippen molar-refractivity contribution in [2.24, 2.45) is 0 Å². The van der Waals surface area contributed by atoms with E-state index in [1.165, 1.54) is 22.7 Å². The number of fused-ring (bicyclic) bond motifs is 1. The number of rotatable bonds is 3. The molecular weight excluding hydrogens is 288 g/mol. The zero-order chi connectivity index (χ0) is 12.5. The number of hydrogen-bond acceptors (Lipinski definition) is 7. The van der Waals surface area contributed by atoms with E-state index in [-0.39, 0.29) is 5.56 Å². The van der Waals surface area contributed by atoms with Crippen LogP contribution in [0, 0.1) is 6.92 Å². The van der Waals surface area contributed by atoms with E-state index >= 15 is 0 Å². The number of thiazole rings is 1. The lowest BCUT2D eigenvalue weighted by Crippen LogP contribution is -2.12. The van der Waals surface area contributed by atoms with Gasteiger partial charge in [0.25, 0.3) is 5.56 Å². The molecule has 0 aromatic carbocycles. The Bertz CT molecular complexity index is 731. The van der Waals surface area contributed by atoms with E-state index in [0.29, 0.717) is 5.75 Å². The summed E-state index contributed by atoms with van der Waals surface area (Å²) < 4.78 is 2.47. The molecule has 5 nitrogen and oxygen atoms in total. The van der Waals surface area contributed by atoms with Crippen LogP contribution < -0.4 is 5.56 Å². The molecule has 8 heteroatoms. The van der Waals surface area contributed by atoms with Crippen LogP contribution in [0.1, 0.15) is 10.6 Å². The van der Waals surface area contributed by atoms with E-state index in [9.17, 15) is 4.79 Å². The molecule has 0 saturated carbocycles. The summed E-state index contributed by atoms with van der Waals surface area (Å²) in [5, 5.41) is 7.71. The van der Waals surface area contributed by atoms with Crippen LogP contribution in [0.3, 0.4) is 0 Å². The van der Waals surface area contributed by atoms with Crippen molar-refractivity contribution in [2.75, 3.05) is 0 Å². The molecule has 0 amide bonds. The number of nitrogens with zero attached hydrogens (tertiary/aromatic N) is 4. The molecule has 18 heavy (non-hydrogen) atoms. The lowest BCUT2D eigenvalue weighted by Gasteiger charge is -1.98. The highest BCUT2D eigenvalue weighted by atomic mass is 32.2. The van der Waals surface area contributed by atoms with Gasteiger partial charge in [0.05, 0.1) is 5.69 Å². The second-order valence-corrected chi connectivity index (χ2v) is 6.84. The molecule has 0 radical (unpaired) electrons. The van der Waals surface area contributed by atoms with Gasteiger partial charge in [-0.3, -0.25) is 9.20 Å². The molecule has 3 aromatic heterocycles. The van der Waals surface area contributed by atoms with Crippen molar-refractivity contribution < 1.29 is 0 Å². The van der Waals surface area contributed by atoms with E-state index in [4.69, 9.17) is 0 Å². The molecule has 3 rings (SSSR count). The Labute approximate surface area is 115 Å². The summed E-state index contributed by atoms with van der Waals surface area (Å²) in [5.41, 5.74) is 2.44. The number of thioether (sulfide) groups is 1. The predicted octanol–water partition coefficient (Wildman–Crippen LogP) is 2.21. The van der Waals surface area contributed by atoms with Crippen LogP contribution in [0.15, 0.2) is 26.9 Å². The standard InChI is InChI=1S/C10H8N4OS3/c1-6-3-14-8(15)2-7(12-9(14)18-6)4-16-10-13-11-5-17-10/h2-3,5H,4H2,1H3. The molecule has 0 spiro atoms. The molecule has 0 N–H and O–H groups in total. The van der Waals surface area contributed by atoms with Crippen molar-refractivity contribution in [1.82, 2.24) is 19.6 Å². The van der Waals surface area contributed by atoms with Gasteiger partial charge in [0.1, 0.15) is 5.51 Å². The van der Waals surface area contributed by atoms with Crippen LogP contribution in [0.25, 0.3) is 4.96 Å². The van der Waals surface area contributed by atoms with Gasteiger partial charge in [-0.25, -0.2) is 4.98 Å². The maximum Gasteiger partial charge on any atom is 0.258 e. The molecule has 0 aliphatic heterocycles. The third-order valence-electron chi connectivity index (χ3n) is 2.22. The summed E-state index contributed by atoms with van der Waals surface area (Å²) in [4.78, 5) is 18.2. The third-order valence-corrected chi connectivity index (χ3v) is 5.01. The topological polar surface area (TPSA) is 60.2 Å². The molecule has 92 valence electrons. The zero-order valence-electron chi connectivity index (χ0n) is 9.36. The summed E-state index contributed by atoms with van der Waals surface area (Å²) >= 11 is 4.55. The van der Waals surface area contributed by atoms with E-state index in [1.54, 1.807) is 27.7 Å². The summed E-state index contributed by atoms with van der Waals surface area (Å²) in [5.74, 6) is 0.637. The van der Waals surface area contributed by atoms with Crippen molar-refractivity contribution in [2.45, 2.75) is 17.0 Å². The molecule has 0 aliphatic carbocycles. The van der Waals surface area contributed by atoms with Gasteiger partial charge in [0.15, 0.2) is 9.30 Å². The summed E-state index contributed by atoms with van der Waals surface area (Å²) in [6, 6.07) is 1.58. The largest absolute Gasteiger partial charge is 0.269 e. The Morgan fingerprint density at radius 1 is 1.50 bits per heavy atom. The van der Waals surface area contributed by atoms with E-state index in [0.717, 1.165) is 19.9 Å². The van der Waals surface area contributed by atoms with Crippen LogP contribution in [0.2, 0.25) is 0 Å². The van der Waals surface area contributed by atoms with Crippen molar-refractivity contribution in [3.05, 3.63) is 38.7 Å². The number of aromatic nitrogens is 4. The minimum Gasteiger partial charge on any atom is -0.269 e. The molecular formula is C10H8N4OS3. The molecule has 0 fully saturated rings. The summed E-state index contributed by atoms with van der Waals surface area (Å²) in [6.07, 6.45) is 1.82. The average molecular weight is 296 g/mol. The monoisotopic (exact) mass is 296 g/mol. The summed E-state index contributed by atoms with van der Waals surface area (Å²) in [6.45, 7) is 1.97. The van der Waals surface area contributed by atoms with Gasteiger partial charge in [0, 0.05) is 22.9 Å². The van der Waals surface area contributed by atoms with Gasteiger partial charge in [-0.1, -0.05) is 23.1 Å². The first-order valence-corrected chi connectivity index (χ1v) is 7.78. The second-order valence-electron chi connectivity index (χ2n) is 3.57. The molecule has 0 unspecified atom stereocenters. The predicted molar refractivity (Wildman–Crippen MR) is 73.5 cm³/mol. The highest BCUT2D eigenvalue weighted by molar-refractivity contribution is 8.00. The quantitative estimate of drug-likeness (QED) is 0.694. The first kappa shape index (κ1) is 11.8. The van der Waals surface area contributed by atoms with Gasteiger partial charge >= 0.3 is 0 Å². The Morgan fingerprint density at radius 3 is 3.17 bits per heavy atom. The van der Waals surface area contributed by atoms with E-state index in [1.807, 2.05) is 13.1 Å². The Kier molecular flexibility index (Phi) is 3.14. The van der Waals surface area contributed by atoms with Gasteiger partial charge in [-0.15, -0.1) is 21.5 Å². The SMILES string of the molecule is Cc1cn2c(=O)cc(CSc3nncs3)nc2s1. The maximum atomic E-state index is 11.9.